The highest BCUT2D eigenvalue weighted by Gasteiger charge is 2.39. The third-order valence-corrected chi connectivity index (χ3v) is 7.39. The standard InChI is InChI=1S/C32H31N3O4/c1-21-7-9-24(10-8-21)30-27-17-26(14-13-23(27)15-16-35(30)32(37)25-11-12-25)38-20-29-34-28(19-39-29)31(36)33-18-22-5-3-2-4-6-22/h2-10,13-14,17,19,25,30H,11-12,15-16,18,20H2,1H3,(H,33,36)/t30-/m1/s1. The quantitative estimate of drug-likeness (QED) is 0.337. The van der Waals surface area contributed by atoms with Crippen molar-refractivity contribution in [2.75, 3.05) is 6.54 Å². The molecule has 0 spiro atoms. The number of aromatic nitrogens is 1. The van der Waals surface area contributed by atoms with Crippen LogP contribution >= 0.6 is 0 Å². The van der Waals surface area contributed by atoms with Crippen LogP contribution in [0.1, 0.15) is 63.1 Å². The van der Waals surface area contributed by atoms with Crippen molar-refractivity contribution in [3.8, 4) is 5.75 Å². The lowest BCUT2D eigenvalue weighted by molar-refractivity contribution is -0.134. The Bertz CT molecular complexity index is 1480. The second-order valence-corrected chi connectivity index (χ2v) is 10.3. The zero-order valence-corrected chi connectivity index (χ0v) is 21.9. The highest BCUT2D eigenvalue weighted by molar-refractivity contribution is 5.91. The Kier molecular flexibility index (Phi) is 6.88. The van der Waals surface area contributed by atoms with Crippen LogP contribution in [0.2, 0.25) is 0 Å². The molecule has 1 aliphatic carbocycles. The van der Waals surface area contributed by atoms with Crippen LogP contribution in [0.4, 0.5) is 0 Å². The summed E-state index contributed by atoms with van der Waals surface area (Å²) < 4.78 is 11.6. The number of benzene rings is 3. The van der Waals surface area contributed by atoms with Crippen LogP contribution in [-0.2, 0) is 24.4 Å². The Hall–Kier alpha value is -4.39. The summed E-state index contributed by atoms with van der Waals surface area (Å²) in [5.41, 5.74) is 5.82. The molecule has 198 valence electrons. The zero-order chi connectivity index (χ0) is 26.8. The van der Waals surface area contributed by atoms with Crippen molar-refractivity contribution < 1.29 is 18.7 Å². The topological polar surface area (TPSA) is 84.7 Å². The first kappa shape index (κ1) is 24.9. The molecule has 0 bridgehead atoms. The smallest absolute Gasteiger partial charge is 0.273 e. The molecular formula is C32H31N3O4. The van der Waals surface area contributed by atoms with Crippen LogP contribution in [0.15, 0.2) is 83.5 Å². The molecule has 1 fully saturated rings. The SMILES string of the molecule is Cc1ccc([C@@H]2c3cc(OCc4nc(C(=O)NCc5ccccc5)co4)ccc3CCN2C(=O)C2CC2)cc1. The molecule has 2 aliphatic rings. The molecule has 3 aromatic carbocycles. The molecule has 0 radical (unpaired) electrons. The van der Waals surface area contributed by atoms with Crippen molar-refractivity contribution in [3.63, 3.8) is 0 Å². The number of fused-ring (bicyclic) bond motifs is 1. The Morgan fingerprint density at radius 3 is 2.62 bits per heavy atom. The van der Waals surface area contributed by atoms with E-state index >= 15 is 0 Å². The summed E-state index contributed by atoms with van der Waals surface area (Å²) in [5, 5.41) is 2.85. The summed E-state index contributed by atoms with van der Waals surface area (Å²) in [6.45, 7) is 3.28. The van der Waals surface area contributed by atoms with Crippen LogP contribution in [0.25, 0.3) is 0 Å². The van der Waals surface area contributed by atoms with Crippen molar-refractivity contribution in [1.29, 1.82) is 0 Å². The van der Waals surface area contributed by atoms with Gasteiger partial charge in [-0.15, -0.1) is 0 Å². The third-order valence-electron chi connectivity index (χ3n) is 7.39. The number of aryl methyl sites for hydroxylation is 1. The van der Waals surface area contributed by atoms with Gasteiger partial charge in [0.2, 0.25) is 11.8 Å². The molecule has 1 saturated carbocycles. The number of carbonyl (C=O) groups is 2. The number of nitrogens with zero attached hydrogens (tertiary/aromatic N) is 2. The lowest BCUT2D eigenvalue weighted by atomic mass is 9.87. The van der Waals surface area contributed by atoms with Gasteiger partial charge in [-0.2, -0.15) is 0 Å². The molecule has 0 unspecified atom stereocenters. The Morgan fingerprint density at radius 1 is 1.05 bits per heavy atom. The summed E-state index contributed by atoms with van der Waals surface area (Å²) in [6.07, 6.45) is 4.13. The average Bonchev–Trinajstić information content (AvgIpc) is 3.72. The number of carbonyl (C=O) groups excluding carboxylic acids is 2. The molecule has 4 aromatic rings. The van der Waals surface area contributed by atoms with Gasteiger partial charge in [-0.05, 0) is 60.6 Å². The minimum absolute atomic E-state index is 0.0880. The van der Waals surface area contributed by atoms with Gasteiger partial charge in [0.1, 0.15) is 12.0 Å². The number of nitrogens with one attached hydrogen (secondary N) is 1. The van der Waals surface area contributed by atoms with Crippen molar-refractivity contribution in [2.45, 2.75) is 45.4 Å². The minimum Gasteiger partial charge on any atom is -0.484 e. The molecule has 39 heavy (non-hydrogen) atoms. The van der Waals surface area contributed by atoms with E-state index in [0.29, 0.717) is 24.7 Å². The van der Waals surface area contributed by atoms with Crippen molar-refractivity contribution in [3.05, 3.63) is 118 Å². The fourth-order valence-electron chi connectivity index (χ4n) is 5.09. The van der Waals surface area contributed by atoms with Gasteiger partial charge >= 0.3 is 0 Å². The Labute approximate surface area is 227 Å². The number of ether oxygens (including phenoxy) is 1. The van der Waals surface area contributed by atoms with E-state index in [-0.39, 0.29) is 36.1 Å². The number of hydrogen-bond acceptors (Lipinski definition) is 5. The second-order valence-electron chi connectivity index (χ2n) is 10.3. The van der Waals surface area contributed by atoms with Gasteiger partial charge in [0.05, 0.1) is 6.04 Å². The highest BCUT2D eigenvalue weighted by atomic mass is 16.5. The van der Waals surface area contributed by atoms with Gasteiger partial charge in [0.15, 0.2) is 12.3 Å². The summed E-state index contributed by atoms with van der Waals surface area (Å²) in [7, 11) is 0. The van der Waals surface area contributed by atoms with E-state index < -0.39 is 0 Å². The molecule has 2 heterocycles. The molecule has 1 atom stereocenters. The molecule has 1 N–H and O–H groups in total. The van der Waals surface area contributed by atoms with Gasteiger partial charge < -0.3 is 19.4 Å². The van der Waals surface area contributed by atoms with E-state index in [1.165, 1.54) is 17.4 Å². The normalized spacial score (nSPS) is 16.4. The molecule has 7 nitrogen and oxygen atoms in total. The summed E-state index contributed by atoms with van der Waals surface area (Å²) in [6, 6.07) is 24.0. The maximum Gasteiger partial charge on any atom is 0.273 e. The summed E-state index contributed by atoms with van der Waals surface area (Å²) in [4.78, 5) is 32.1. The van der Waals surface area contributed by atoms with E-state index in [1.54, 1.807) is 0 Å². The van der Waals surface area contributed by atoms with Crippen molar-refractivity contribution in [2.24, 2.45) is 5.92 Å². The third kappa shape index (κ3) is 5.58. The first-order valence-electron chi connectivity index (χ1n) is 13.4. The summed E-state index contributed by atoms with van der Waals surface area (Å²) >= 11 is 0. The van der Waals surface area contributed by atoms with Crippen LogP contribution in [0, 0.1) is 12.8 Å². The zero-order valence-electron chi connectivity index (χ0n) is 21.9. The molecule has 0 saturated heterocycles. The highest BCUT2D eigenvalue weighted by Crippen LogP contribution is 2.41. The molecule has 7 heteroatoms. The number of oxazole rings is 1. The second kappa shape index (κ2) is 10.8. The van der Waals surface area contributed by atoms with Gasteiger partial charge in [0.25, 0.3) is 5.91 Å². The minimum atomic E-state index is -0.302. The van der Waals surface area contributed by atoms with E-state index in [9.17, 15) is 9.59 Å². The Balaban J connectivity index is 1.17. The van der Waals surface area contributed by atoms with Crippen LogP contribution in [-0.4, -0.2) is 28.2 Å². The predicted octanol–water partition coefficient (Wildman–Crippen LogP) is 5.38. The lowest BCUT2D eigenvalue weighted by Crippen LogP contribution is -2.41. The molecule has 6 rings (SSSR count). The predicted molar refractivity (Wildman–Crippen MR) is 146 cm³/mol. The average molecular weight is 522 g/mol. The molecule has 1 aromatic heterocycles. The van der Waals surface area contributed by atoms with E-state index in [2.05, 4.69) is 47.6 Å². The van der Waals surface area contributed by atoms with Crippen molar-refractivity contribution >= 4 is 11.8 Å². The Morgan fingerprint density at radius 2 is 1.85 bits per heavy atom. The van der Waals surface area contributed by atoms with Crippen LogP contribution in [0.5, 0.6) is 5.75 Å². The summed E-state index contributed by atoms with van der Waals surface area (Å²) in [5.74, 6) is 1.08. The first-order valence-corrected chi connectivity index (χ1v) is 13.4. The van der Waals surface area contributed by atoms with E-state index in [0.717, 1.165) is 36.0 Å². The maximum absolute atomic E-state index is 13.2. The van der Waals surface area contributed by atoms with Crippen LogP contribution in [0.3, 0.4) is 0 Å². The number of amides is 2. The fraction of sp³-hybridized carbons (Fsp3) is 0.281. The molecule has 2 amide bonds. The molecular weight excluding hydrogens is 490 g/mol. The van der Waals surface area contributed by atoms with E-state index in [4.69, 9.17) is 9.15 Å². The molecule has 1 aliphatic heterocycles. The van der Waals surface area contributed by atoms with E-state index in [1.807, 2.05) is 47.4 Å². The fourth-order valence-corrected chi connectivity index (χ4v) is 5.09. The van der Waals surface area contributed by atoms with Gasteiger partial charge in [0, 0.05) is 19.0 Å². The number of hydrogen-bond donors (Lipinski definition) is 1. The van der Waals surface area contributed by atoms with Gasteiger partial charge in [-0.25, -0.2) is 4.98 Å². The lowest BCUT2D eigenvalue weighted by Gasteiger charge is -2.38. The van der Waals surface area contributed by atoms with Gasteiger partial charge in [-0.1, -0.05) is 66.2 Å². The first-order chi connectivity index (χ1) is 19.0. The van der Waals surface area contributed by atoms with Crippen LogP contribution < -0.4 is 10.1 Å². The number of rotatable bonds is 8. The maximum atomic E-state index is 13.2. The van der Waals surface area contributed by atoms with Gasteiger partial charge in [-0.3, -0.25) is 9.59 Å². The monoisotopic (exact) mass is 521 g/mol. The van der Waals surface area contributed by atoms with Crippen molar-refractivity contribution in [1.82, 2.24) is 15.2 Å². The largest absolute Gasteiger partial charge is 0.484 e.